The first-order valence-corrected chi connectivity index (χ1v) is 10.4. The van der Waals surface area contributed by atoms with Gasteiger partial charge in [0.2, 0.25) is 0 Å². The first kappa shape index (κ1) is 19.0. The Hall–Kier alpha value is -2.38. The van der Waals surface area contributed by atoms with E-state index in [0.717, 1.165) is 46.5 Å². The lowest BCUT2D eigenvalue weighted by atomic mass is 10.2. The Balaban J connectivity index is 1.51. The molecular formula is C21H25N3O3S. The predicted octanol–water partition coefficient (Wildman–Crippen LogP) is 3.51. The van der Waals surface area contributed by atoms with Gasteiger partial charge in [0.05, 0.1) is 25.6 Å². The predicted molar refractivity (Wildman–Crippen MR) is 112 cm³/mol. The largest absolute Gasteiger partial charge is 0.493 e. The lowest BCUT2D eigenvalue weighted by Gasteiger charge is -2.17. The number of hydrogen-bond acceptors (Lipinski definition) is 6. The number of H-pyrrole nitrogens is 1. The first-order chi connectivity index (χ1) is 13.6. The van der Waals surface area contributed by atoms with Crippen LogP contribution in [-0.2, 0) is 25.9 Å². The molecular weight excluding hydrogens is 374 g/mol. The minimum atomic E-state index is -0.00413. The summed E-state index contributed by atoms with van der Waals surface area (Å²) in [5, 5.41) is 0.806. The fraction of sp³-hybridized carbons (Fsp3) is 0.429. The van der Waals surface area contributed by atoms with Gasteiger partial charge in [-0.3, -0.25) is 9.69 Å². The van der Waals surface area contributed by atoms with E-state index >= 15 is 0 Å². The molecule has 0 saturated heterocycles. The Morgan fingerprint density at radius 1 is 1.25 bits per heavy atom. The molecule has 6 nitrogen and oxygen atoms in total. The van der Waals surface area contributed by atoms with E-state index in [1.165, 1.54) is 10.4 Å². The van der Waals surface area contributed by atoms with E-state index in [1.807, 2.05) is 32.2 Å². The van der Waals surface area contributed by atoms with Gasteiger partial charge in [0, 0.05) is 11.4 Å². The van der Waals surface area contributed by atoms with E-state index in [2.05, 4.69) is 9.88 Å². The molecule has 0 spiro atoms. The molecule has 0 atom stereocenters. The fourth-order valence-electron chi connectivity index (χ4n) is 3.83. The Kier molecular flexibility index (Phi) is 5.37. The van der Waals surface area contributed by atoms with Crippen molar-refractivity contribution in [2.75, 3.05) is 20.8 Å². The number of rotatable bonds is 7. The Bertz CT molecular complexity index is 1060. The van der Waals surface area contributed by atoms with Crippen molar-refractivity contribution >= 4 is 21.6 Å². The smallest absolute Gasteiger partial charge is 0.259 e. The number of methoxy groups -OCH3 is 1. The van der Waals surface area contributed by atoms with E-state index in [9.17, 15) is 4.79 Å². The second kappa shape index (κ2) is 7.93. The van der Waals surface area contributed by atoms with Gasteiger partial charge in [0.25, 0.3) is 5.56 Å². The van der Waals surface area contributed by atoms with Crippen LogP contribution in [0.2, 0.25) is 0 Å². The maximum atomic E-state index is 12.6. The highest BCUT2D eigenvalue weighted by Crippen LogP contribution is 2.34. The first-order valence-electron chi connectivity index (χ1n) is 9.60. The third-order valence-electron chi connectivity index (χ3n) is 5.02. The van der Waals surface area contributed by atoms with Crippen molar-refractivity contribution in [2.24, 2.45) is 0 Å². The summed E-state index contributed by atoms with van der Waals surface area (Å²) in [7, 11) is 3.66. The van der Waals surface area contributed by atoms with Crippen LogP contribution in [0.3, 0.4) is 0 Å². The van der Waals surface area contributed by atoms with Crippen molar-refractivity contribution in [2.45, 2.75) is 39.3 Å². The molecule has 1 aliphatic rings. The lowest BCUT2D eigenvalue weighted by molar-refractivity contribution is 0.302. The van der Waals surface area contributed by atoms with Gasteiger partial charge in [0.15, 0.2) is 11.5 Å². The van der Waals surface area contributed by atoms with Gasteiger partial charge in [0.1, 0.15) is 10.7 Å². The van der Waals surface area contributed by atoms with Crippen LogP contribution in [-0.4, -0.2) is 35.6 Å². The normalized spacial score (nSPS) is 13.3. The maximum Gasteiger partial charge on any atom is 0.259 e. The van der Waals surface area contributed by atoms with Gasteiger partial charge in [-0.15, -0.1) is 11.3 Å². The SMILES string of the molecule is CCOc1ccc(CN(C)Cc2nc3sc4c(c3c(=O)[nH]2)CCC4)cc1OC. The fourth-order valence-corrected chi connectivity index (χ4v) is 5.11. The number of hydrogen-bond donors (Lipinski definition) is 1. The summed E-state index contributed by atoms with van der Waals surface area (Å²) in [6.07, 6.45) is 3.22. The summed E-state index contributed by atoms with van der Waals surface area (Å²) in [6, 6.07) is 5.96. The van der Waals surface area contributed by atoms with Crippen LogP contribution in [0.15, 0.2) is 23.0 Å². The van der Waals surface area contributed by atoms with Crippen LogP contribution in [0.4, 0.5) is 0 Å². The second-order valence-corrected chi connectivity index (χ2v) is 8.22. The number of nitrogens with zero attached hydrogens (tertiary/aromatic N) is 2. The molecule has 0 radical (unpaired) electrons. The molecule has 28 heavy (non-hydrogen) atoms. The average Bonchev–Trinajstić information content (AvgIpc) is 3.23. The molecule has 0 saturated carbocycles. The van der Waals surface area contributed by atoms with Gasteiger partial charge >= 0.3 is 0 Å². The summed E-state index contributed by atoms with van der Waals surface area (Å²) in [6.45, 7) is 3.84. The van der Waals surface area contributed by atoms with Gasteiger partial charge in [-0.05, 0) is 56.5 Å². The molecule has 7 heteroatoms. The summed E-state index contributed by atoms with van der Waals surface area (Å²) >= 11 is 1.68. The van der Waals surface area contributed by atoms with E-state index in [4.69, 9.17) is 14.5 Å². The summed E-state index contributed by atoms with van der Waals surface area (Å²) in [4.78, 5) is 24.7. The summed E-state index contributed by atoms with van der Waals surface area (Å²) < 4.78 is 11.0. The Labute approximate surface area is 168 Å². The van der Waals surface area contributed by atoms with Crippen molar-refractivity contribution in [3.05, 3.63) is 50.4 Å². The Morgan fingerprint density at radius 2 is 2.11 bits per heavy atom. The number of nitrogens with one attached hydrogen (secondary N) is 1. The van der Waals surface area contributed by atoms with Gasteiger partial charge in [-0.25, -0.2) is 4.98 Å². The van der Waals surface area contributed by atoms with Crippen LogP contribution >= 0.6 is 11.3 Å². The molecule has 2 aromatic heterocycles. The van der Waals surface area contributed by atoms with Gasteiger partial charge in [-0.1, -0.05) is 6.07 Å². The highest BCUT2D eigenvalue weighted by molar-refractivity contribution is 7.18. The third kappa shape index (κ3) is 3.64. The number of benzene rings is 1. The third-order valence-corrected chi connectivity index (χ3v) is 6.21. The quantitative estimate of drug-likeness (QED) is 0.658. The Morgan fingerprint density at radius 3 is 2.89 bits per heavy atom. The van der Waals surface area contributed by atoms with Crippen molar-refractivity contribution in [3.8, 4) is 11.5 Å². The topological polar surface area (TPSA) is 67.5 Å². The number of aromatic amines is 1. The summed E-state index contributed by atoms with van der Waals surface area (Å²) in [5.41, 5.74) is 2.33. The molecule has 0 amide bonds. The molecule has 2 heterocycles. The number of thiophene rings is 1. The number of aryl methyl sites for hydroxylation is 2. The molecule has 0 fully saturated rings. The number of aromatic nitrogens is 2. The molecule has 148 valence electrons. The standard InChI is InChI=1S/C21H25N3O3S/c1-4-27-15-9-8-13(10-16(15)26-3)11-24(2)12-18-22-20(25)19-14-6-5-7-17(14)28-21(19)23-18/h8-10H,4-7,11-12H2,1-3H3,(H,22,23,25). The van der Waals surface area contributed by atoms with Crippen molar-refractivity contribution < 1.29 is 9.47 Å². The zero-order chi connectivity index (χ0) is 19.7. The average molecular weight is 400 g/mol. The monoisotopic (exact) mass is 399 g/mol. The van der Waals surface area contributed by atoms with Crippen LogP contribution in [0.1, 0.15) is 35.2 Å². The number of ether oxygens (including phenoxy) is 2. The van der Waals surface area contributed by atoms with Crippen molar-refractivity contribution in [1.82, 2.24) is 14.9 Å². The minimum Gasteiger partial charge on any atom is -0.493 e. The van der Waals surface area contributed by atoms with Gasteiger partial charge in [-0.2, -0.15) is 0 Å². The van der Waals surface area contributed by atoms with Crippen LogP contribution in [0.5, 0.6) is 11.5 Å². The highest BCUT2D eigenvalue weighted by Gasteiger charge is 2.21. The molecule has 3 aromatic rings. The second-order valence-electron chi connectivity index (χ2n) is 7.14. The van der Waals surface area contributed by atoms with E-state index in [0.29, 0.717) is 25.5 Å². The highest BCUT2D eigenvalue weighted by atomic mass is 32.1. The minimum absolute atomic E-state index is 0.00413. The lowest BCUT2D eigenvalue weighted by Crippen LogP contribution is -2.21. The van der Waals surface area contributed by atoms with E-state index < -0.39 is 0 Å². The van der Waals surface area contributed by atoms with Gasteiger partial charge < -0.3 is 14.5 Å². The maximum absolute atomic E-state index is 12.6. The molecule has 0 bridgehead atoms. The van der Waals surface area contributed by atoms with Crippen molar-refractivity contribution in [3.63, 3.8) is 0 Å². The molecule has 1 aliphatic carbocycles. The van der Waals surface area contributed by atoms with E-state index in [-0.39, 0.29) is 5.56 Å². The van der Waals surface area contributed by atoms with Crippen LogP contribution < -0.4 is 15.0 Å². The summed E-state index contributed by atoms with van der Waals surface area (Å²) in [5.74, 6) is 2.19. The van der Waals surface area contributed by atoms with Crippen LogP contribution in [0.25, 0.3) is 10.2 Å². The molecule has 1 aromatic carbocycles. The van der Waals surface area contributed by atoms with E-state index in [1.54, 1.807) is 18.4 Å². The zero-order valence-electron chi connectivity index (χ0n) is 16.5. The molecule has 4 rings (SSSR count). The number of fused-ring (bicyclic) bond motifs is 3. The molecule has 0 aliphatic heterocycles. The zero-order valence-corrected chi connectivity index (χ0v) is 17.3. The molecule has 1 N–H and O–H groups in total. The van der Waals surface area contributed by atoms with Crippen LogP contribution in [0, 0.1) is 0 Å². The molecule has 0 unspecified atom stereocenters. The van der Waals surface area contributed by atoms with Crippen molar-refractivity contribution in [1.29, 1.82) is 0 Å².